The van der Waals surface area contributed by atoms with Crippen molar-refractivity contribution >= 4 is 0 Å². The van der Waals surface area contributed by atoms with Gasteiger partial charge in [0, 0.05) is 6.20 Å². The van der Waals surface area contributed by atoms with Gasteiger partial charge in [0.1, 0.15) is 6.26 Å². The molecule has 0 saturated carbocycles. The molecule has 1 aliphatic rings. The standard InChI is InChI=1S/C24H43NO/c1-2-3-4-5-6-7-8-9-10-11-12-13-14-15-16-19-22-26-23-24-20-17-18-21-25-24/h17-18,20-21,23,25H,2-16,19,22H2,1H3. The van der Waals surface area contributed by atoms with E-state index in [4.69, 9.17) is 4.74 Å². The van der Waals surface area contributed by atoms with Crippen LogP contribution in [0.3, 0.4) is 0 Å². The second kappa shape index (κ2) is 18.6. The number of nitrogens with one attached hydrogen (secondary N) is 1. The quantitative estimate of drug-likeness (QED) is 0.199. The molecular weight excluding hydrogens is 318 g/mol. The summed E-state index contributed by atoms with van der Waals surface area (Å²) >= 11 is 0. The molecule has 0 bridgehead atoms. The van der Waals surface area contributed by atoms with Crippen LogP contribution >= 0.6 is 0 Å². The minimum atomic E-state index is 0.835. The van der Waals surface area contributed by atoms with Crippen molar-refractivity contribution in [2.45, 2.75) is 110 Å². The lowest BCUT2D eigenvalue weighted by Crippen LogP contribution is -2.05. The summed E-state index contributed by atoms with van der Waals surface area (Å²) in [6.45, 7) is 3.13. The van der Waals surface area contributed by atoms with E-state index in [9.17, 15) is 0 Å². The number of hydrogen-bond donors (Lipinski definition) is 1. The van der Waals surface area contributed by atoms with Gasteiger partial charge in [-0.2, -0.15) is 0 Å². The Morgan fingerprint density at radius 1 is 0.692 bits per heavy atom. The highest BCUT2D eigenvalue weighted by Crippen LogP contribution is 2.13. The molecule has 1 heterocycles. The molecule has 0 saturated heterocycles. The zero-order chi connectivity index (χ0) is 18.5. The summed E-state index contributed by atoms with van der Waals surface area (Å²) in [5.74, 6) is 0. The summed E-state index contributed by atoms with van der Waals surface area (Å²) in [5.41, 5.74) is 1.03. The van der Waals surface area contributed by atoms with E-state index in [1.165, 1.54) is 103 Å². The molecule has 0 aromatic rings. The van der Waals surface area contributed by atoms with E-state index < -0.39 is 0 Å². The number of hydrogen-bond acceptors (Lipinski definition) is 2. The molecule has 2 nitrogen and oxygen atoms in total. The van der Waals surface area contributed by atoms with Crippen LogP contribution < -0.4 is 5.32 Å². The van der Waals surface area contributed by atoms with Crippen LogP contribution in [0.25, 0.3) is 0 Å². The lowest BCUT2D eigenvalue weighted by molar-refractivity contribution is 0.237. The Hall–Kier alpha value is -1.18. The average molecular weight is 362 g/mol. The third kappa shape index (κ3) is 15.1. The second-order valence-electron chi connectivity index (χ2n) is 7.61. The molecule has 1 aliphatic heterocycles. The van der Waals surface area contributed by atoms with E-state index in [2.05, 4.69) is 12.2 Å². The molecule has 0 fully saturated rings. The van der Waals surface area contributed by atoms with Crippen molar-refractivity contribution in [3.05, 3.63) is 36.4 Å². The zero-order valence-electron chi connectivity index (χ0n) is 17.3. The van der Waals surface area contributed by atoms with Crippen molar-refractivity contribution in [1.29, 1.82) is 0 Å². The molecule has 0 spiro atoms. The molecule has 150 valence electrons. The van der Waals surface area contributed by atoms with Crippen molar-refractivity contribution in [2.24, 2.45) is 0 Å². The Balaban J connectivity index is 1.69. The van der Waals surface area contributed by atoms with Crippen molar-refractivity contribution in [1.82, 2.24) is 5.32 Å². The van der Waals surface area contributed by atoms with Crippen LogP contribution in [0.2, 0.25) is 0 Å². The van der Waals surface area contributed by atoms with Gasteiger partial charge in [-0.15, -0.1) is 0 Å². The summed E-state index contributed by atoms with van der Waals surface area (Å²) < 4.78 is 5.58. The van der Waals surface area contributed by atoms with E-state index in [1.54, 1.807) is 0 Å². The summed E-state index contributed by atoms with van der Waals surface area (Å²) in [5, 5.41) is 3.14. The van der Waals surface area contributed by atoms with Crippen molar-refractivity contribution in [3.63, 3.8) is 0 Å². The van der Waals surface area contributed by atoms with Crippen LogP contribution in [0.15, 0.2) is 36.4 Å². The first-order valence-corrected chi connectivity index (χ1v) is 11.3. The van der Waals surface area contributed by atoms with Gasteiger partial charge in [0.15, 0.2) is 0 Å². The van der Waals surface area contributed by atoms with Gasteiger partial charge in [-0.05, 0) is 18.6 Å². The van der Waals surface area contributed by atoms with Crippen molar-refractivity contribution in [2.75, 3.05) is 6.61 Å². The van der Waals surface area contributed by atoms with Gasteiger partial charge in [0.05, 0.1) is 12.3 Å². The lowest BCUT2D eigenvalue weighted by Gasteiger charge is -2.06. The van der Waals surface area contributed by atoms with Gasteiger partial charge in [-0.25, -0.2) is 0 Å². The predicted octanol–water partition coefficient (Wildman–Crippen LogP) is 7.78. The Labute approximate surface area is 163 Å². The Kier molecular flexibility index (Phi) is 16.4. The molecule has 0 radical (unpaired) electrons. The number of ether oxygens (including phenoxy) is 1. The van der Waals surface area contributed by atoms with Gasteiger partial charge in [0.2, 0.25) is 0 Å². The molecule has 1 N–H and O–H groups in total. The zero-order valence-corrected chi connectivity index (χ0v) is 17.3. The fourth-order valence-corrected chi connectivity index (χ4v) is 3.36. The van der Waals surface area contributed by atoms with Crippen LogP contribution in [0.1, 0.15) is 110 Å². The minimum Gasteiger partial charge on any atom is -0.499 e. The highest BCUT2D eigenvalue weighted by atomic mass is 16.5. The average Bonchev–Trinajstić information content (AvgIpc) is 2.68. The second-order valence-corrected chi connectivity index (χ2v) is 7.61. The summed E-state index contributed by atoms with van der Waals surface area (Å²) in [6, 6.07) is 0. The van der Waals surface area contributed by atoms with Gasteiger partial charge < -0.3 is 10.1 Å². The number of rotatable bonds is 18. The predicted molar refractivity (Wildman–Crippen MR) is 115 cm³/mol. The molecule has 0 unspecified atom stereocenters. The van der Waals surface area contributed by atoms with Crippen molar-refractivity contribution in [3.8, 4) is 0 Å². The SMILES string of the molecule is CCCCCCCCCCCCCCCCCCOC=C1C=CC=CN1. The number of unbranched alkanes of at least 4 members (excludes halogenated alkanes) is 15. The van der Waals surface area contributed by atoms with Crippen LogP contribution in [0.5, 0.6) is 0 Å². The molecule has 26 heavy (non-hydrogen) atoms. The first kappa shape index (κ1) is 22.9. The van der Waals surface area contributed by atoms with Crippen molar-refractivity contribution < 1.29 is 4.74 Å². The summed E-state index contributed by atoms with van der Waals surface area (Å²) in [6.07, 6.45) is 32.3. The van der Waals surface area contributed by atoms with Gasteiger partial charge in [-0.1, -0.05) is 109 Å². The highest BCUT2D eigenvalue weighted by molar-refractivity contribution is 5.25. The Morgan fingerprint density at radius 2 is 1.19 bits per heavy atom. The van der Waals surface area contributed by atoms with E-state index in [0.29, 0.717) is 0 Å². The number of dihydropyridines is 1. The maximum atomic E-state index is 5.58. The highest BCUT2D eigenvalue weighted by Gasteiger charge is 1.95. The molecule has 0 aliphatic carbocycles. The van der Waals surface area contributed by atoms with Gasteiger partial charge >= 0.3 is 0 Å². The molecule has 0 amide bonds. The Bertz CT molecular complexity index is 384. The van der Waals surface area contributed by atoms with Crippen LogP contribution in [-0.4, -0.2) is 6.61 Å². The first-order chi connectivity index (χ1) is 12.9. The summed E-state index contributed by atoms with van der Waals surface area (Å²) in [4.78, 5) is 0. The molecule has 2 heteroatoms. The smallest absolute Gasteiger partial charge is 0.106 e. The lowest BCUT2D eigenvalue weighted by atomic mass is 10.0. The molecule has 0 atom stereocenters. The van der Waals surface area contributed by atoms with E-state index in [1.807, 2.05) is 30.7 Å². The van der Waals surface area contributed by atoms with E-state index >= 15 is 0 Å². The first-order valence-electron chi connectivity index (χ1n) is 11.3. The van der Waals surface area contributed by atoms with Crippen LogP contribution in [0.4, 0.5) is 0 Å². The van der Waals surface area contributed by atoms with E-state index in [0.717, 1.165) is 12.3 Å². The third-order valence-corrected chi connectivity index (χ3v) is 5.06. The maximum absolute atomic E-state index is 5.58. The molecule has 0 aromatic heterocycles. The van der Waals surface area contributed by atoms with Crippen LogP contribution in [0, 0.1) is 0 Å². The molecule has 1 rings (SSSR count). The fraction of sp³-hybridized carbons (Fsp3) is 0.750. The molecular formula is C24H43NO. The monoisotopic (exact) mass is 361 g/mol. The molecule has 0 aromatic carbocycles. The minimum absolute atomic E-state index is 0.835. The third-order valence-electron chi connectivity index (χ3n) is 5.06. The largest absolute Gasteiger partial charge is 0.499 e. The van der Waals surface area contributed by atoms with Gasteiger partial charge in [-0.3, -0.25) is 0 Å². The van der Waals surface area contributed by atoms with E-state index in [-0.39, 0.29) is 0 Å². The fourth-order valence-electron chi connectivity index (χ4n) is 3.36. The maximum Gasteiger partial charge on any atom is 0.106 e. The summed E-state index contributed by atoms with van der Waals surface area (Å²) in [7, 11) is 0. The normalized spacial score (nSPS) is 14.7. The van der Waals surface area contributed by atoms with Crippen LogP contribution in [-0.2, 0) is 4.74 Å². The van der Waals surface area contributed by atoms with Gasteiger partial charge in [0.25, 0.3) is 0 Å². The number of allylic oxidation sites excluding steroid dienone is 3. The topological polar surface area (TPSA) is 21.3 Å². The Morgan fingerprint density at radius 3 is 1.65 bits per heavy atom.